The fourth-order valence-electron chi connectivity index (χ4n) is 1.65. The Morgan fingerprint density at radius 1 is 1.35 bits per heavy atom. The zero-order valence-corrected chi connectivity index (χ0v) is 12.2. The van der Waals surface area contributed by atoms with Crippen LogP contribution in [0.4, 0.5) is 0 Å². The van der Waals surface area contributed by atoms with E-state index in [2.05, 4.69) is 44.1 Å². The average Bonchev–Trinajstić information content (AvgIpc) is 2.29. The van der Waals surface area contributed by atoms with Crippen molar-refractivity contribution in [3.63, 3.8) is 0 Å². The molecule has 3 heteroatoms. The second kappa shape index (κ2) is 7.72. The van der Waals surface area contributed by atoms with Gasteiger partial charge in [-0.3, -0.25) is 4.98 Å². The van der Waals surface area contributed by atoms with Gasteiger partial charge in [-0.2, -0.15) is 11.8 Å². The molecule has 0 radical (unpaired) electrons. The van der Waals surface area contributed by atoms with Crippen LogP contribution in [0.5, 0.6) is 0 Å². The zero-order chi connectivity index (χ0) is 12.7. The van der Waals surface area contributed by atoms with Gasteiger partial charge in [-0.25, -0.2) is 0 Å². The van der Waals surface area contributed by atoms with Crippen LogP contribution in [0.1, 0.15) is 44.4 Å². The van der Waals surface area contributed by atoms with Crippen molar-refractivity contribution >= 4 is 11.8 Å². The van der Waals surface area contributed by atoms with E-state index in [1.807, 2.05) is 24.2 Å². The number of nitrogens with zero attached hydrogens (tertiary/aromatic N) is 1. The molecule has 0 bridgehead atoms. The van der Waals surface area contributed by atoms with Gasteiger partial charge in [0.15, 0.2) is 0 Å². The molecule has 0 amide bonds. The van der Waals surface area contributed by atoms with Crippen molar-refractivity contribution in [3.05, 3.63) is 29.6 Å². The van der Waals surface area contributed by atoms with Gasteiger partial charge >= 0.3 is 0 Å². The monoisotopic (exact) mass is 252 g/mol. The summed E-state index contributed by atoms with van der Waals surface area (Å²) in [6, 6.07) is 2.66. The topological polar surface area (TPSA) is 24.9 Å². The Kier molecular flexibility index (Phi) is 6.60. The molecule has 0 fully saturated rings. The fraction of sp³-hybridized carbons (Fsp3) is 0.643. The molecule has 0 saturated carbocycles. The van der Waals surface area contributed by atoms with Crippen molar-refractivity contribution in [2.75, 3.05) is 12.3 Å². The highest BCUT2D eigenvalue weighted by Crippen LogP contribution is 2.21. The maximum Gasteiger partial charge on any atom is 0.0427 e. The summed E-state index contributed by atoms with van der Waals surface area (Å²) in [5.41, 5.74) is 2.55. The van der Waals surface area contributed by atoms with Crippen LogP contribution < -0.4 is 5.32 Å². The number of nitrogens with one attached hydrogen (secondary N) is 1. The lowest BCUT2D eigenvalue weighted by atomic mass is 10.1. The SMILES string of the molecule is CCCNC(CSC(C)C)c1cncc(C)c1. The molecule has 0 aliphatic rings. The molecule has 1 N–H and O–H groups in total. The lowest BCUT2D eigenvalue weighted by Crippen LogP contribution is -2.24. The molecule has 0 aliphatic carbocycles. The summed E-state index contributed by atoms with van der Waals surface area (Å²) in [7, 11) is 0. The summed E-state index contributed by atoms with van der Waals surface area (Å²) in [5.74, 6) is 1.11. The Balaban J connectivity index is 2.67. The minimum absolute atomic E-state index is 0.426. The van der Waals surface area contributed by atoms with Crippen LogP contribution in [0.2, 0.25) is 0 Å². The molecule has 96 valence electrons. The van der Waals surface area contributed by atoms with E-state index in [0.717, 1.165) is 12.3 Å². The van der Waals surface area contributed by atoms with Gasteiger partial charge in [-0.1, -0.05) is 26.8 Å². The van der Waals surface area contributed by atoms with Gasteiger partial charge in [-0.15, -0.1) is 0 Å². The third-order valence-electron chi connectivity index (χ3n) is 2.54. The molecule has 1 unspecified atom stereocenters. The number of hydrogen-bond acceptors (Lipinski definition) is 3. The van der Waals surface area contributed by atoms with E-state index in [-0.39, 0.29) is 0 Å². The largest absolute Gasteiger partial charge is 0.309 e. The molecule has 1 aromatic heterocycles. The molecule has 1 heterocycles. The van der Waals surface area contributed by atoms with Crippen LogP contribution in [0.3, 0.4) is 0 Å². The summed E-state index contributed by atoms with van der Waals surface area (Å²) in [4.78, 5) is 4.29. The van der Waals surface area contributed by atoms with Crippen molar-refractivity contribution in [2.24, 2.45) is 0 Å². The molecule has 1 aromatic rings. The number of aryl methyl sites for hydroxylation is 1. The maximum absolute atomic E-state index is 4.29. The van der Waals surface area contributed by atoms with E-state index < -0.39 is 0 Å². The Bertz CT molecular complexity index is 326. The van der Waals surface area contributed by atoms with Crippen LogP contribution in [-0.4, -0.2) is 22.5 Å². The molecule has 17 heavy (non-hydrogen) atoms. The normalized spacial score (nSPS) is 13.0. The Hall–Kier alpha value is -0.540. The Morgan fingerprint density at radius 3 is 2.71 bits per heavy atom. The number of hydrogen-bond donors (Lipinski definition) is 1. The van der Waals surface area contributed by atoms with Gasteiger partial charge in [0.2, 0.25) is 0 Å². The van der Waals surface area contributed by atoms with Crippen molar-refractivity contribution in [1.29, 1.82) is 0 Å². The van der Waals surface area contributed by atoms with Gasteiger partial charge in [0.25, 0.3) is 0 Å². The Morgan fingerprint density at radius 2 is 2.12 bits per heavy atom. The third-order valence-corrected chi connectivity index (χ3v) is 3.73. The predicted molar refractivity (Wildman–Crippen MR) is 77.6 cm³/mol. The van der Waals surface area contributed by atoms with Gasteiger partial charge in [0, 0.05) is 24.2 Å². The predicted octanol–water partition coefficient (Wildman–Crippen LogP) is 3.57. The van der Waals surface area contributed by atoms with E-state index in [1.165, 1.54) is 17.5 Å². The Labute approximate surface area is 110 Å². The number of rotatable bonds is 7. The molecule has 0 aliphatic heterocycles. The van der Waals surface area contributed by atoms with E-state index in [9.17, 15) is 0 Å². The van der Waals surface area contributed by atoms with Crippen LogP contribution in [0, 0.1) is 6.92 Å². The van der Waals surface area contributed by atoms with Crippen molar-refractivity contribution in [2.45, 2.75) is 45.4 Å². The first kappa shape index (κ1) is 14.5. The third kappa shape index (κ3) is 5.55. The summed E-state index contributed by atoms with van der Waals surface area (Å²) in [6.45, 7) is 9.86. The average molecular weight is 252 g/mol. The maximum atomic E-state index is 4.29. The number of aromatic nitrogens is 1. The first-order valence-corrected chi connectivity index (χ1v) is 7.45. The van der Waals surface area contributed by atoms with E-state index in [4.69, 9.17) is 0 Å². The minimum Gasteiger partial charge on any atom is -0.309 e. The first-order valence-electron chi connectivity index (χ1n) is 6.40. The van der Waals surface area contributed by atoms with Gasteiger partial charge in [0.05, 0.1) is 0 Å². The summed E-state index contributed by atoms with van der Waals surface area (Å²) < 4.78 is 0. The lowest BCUT2D eigenvalue weighted by Gasteiger charge is -2.19. The minimum atomic E-state index is 0.426. The zero-order valence-electron chi connectivity index (χ0n) is 11.4. The van der Waals surface area contributed by atoms with E-state index in [0.29, 0.717) is 11.3 Å². The summed E-state index contributed by atoms with van der Waals surface area (Å²) in [5, 5.41) is 4.29. The number of thioether (sulfide) groups is 1. The lowest BCUT2D eigenvalue weighted by molar-refractivity contribution is 0.575. The summed E-state index contributed by atoms with van der Waals surface area (Å²) in [6.07, 6.45) is 5.07. The smallest absolute Gasteiger partial charge is 0.0427 e. The van der Waals surface area contributed by atoms with E-state index in [1.54, 1.807) is 0 Å². The van der Waals surface area contributed by atoms with E-state index >= 15 is 0 Å². The molecule has 0 saturated heterocycles. The standard InChI is InChI=1S/C14H24N2S/c1-5-6-16-14(10-17-11(2)3)13-7-12(4)8-15-9-13/h7-9,11,14,16H,5-6,10H2,1-4H3. The number of pyridine rings is 1. The second-order valence-corrected chi connectivity index (χ2v) is 6.29. The van der Waals surface area contributed by atoms with Crippen molar-refractivity contribution in [3.8, 4) is 0 Å². The molecular formula is C14H24N2S. The van der Waals surface area contributed by atoms with Crippen LogP contribution in [-0.2, 0) is 0 Å². The first-order chi connectivity index (χ1) is 8.13. The highest BCUT2D eigenvalue weighted by atomic mass is 32.2. The molecule has 1 rings (SSSR count). The van der Waals surface area contributed by atoms with Crippen LogP contribution >= 0.6 is 11.8 Å². The van der Waals surface area contributed by atoms with Gasteiger partial charge < -0.3 is 5.32 Å². The van der Waals surface area contributed by atoms with Gasteiger partial charge in [-0.05, 0) is 36.3 Å². The molecular weight excluding hydrogens is 228 g/mol. The molecule has 2 nitrogen and oxygen atoms in total. The molecule has 0 aromatic carbocycles. The molecule has 0 spiro atoms. The molecule has 1 atom stereocenters. The van der Waals surface area contributed by atoms with Crippen molar-refractivity contribution < 1.29 is 0 Å². The van der Waals surface area contributed by atoms with Crippen LogP contribution in [0.15, 0.2) is 18.5 Å². The second-order valence-electron chi connectivity index (χ2n) is 4.68. The quantitative estimate of drug-likeness (QED) is 0.803. The van der Waals surface area contributed by atoms with Crippen LogP contribution in [0.25, 0.3) is 0 Å². The summed E-state index contributed by atoms with van der Waals surface area (Å²) >= 11 is 2.00. The fourth-order valence-corrected chi connectivity index (χ4v) is 2.54. The van der Waals surface area contributed by atoms with Crippen molar-refractivity contribution in [1.82, 2.24) is 10.3 Å². The highest BCUT2D eigenvalue weighted by molar-refractivity contribution is 7.99. The van der Waals surface area contributed by atoms with Gasteiger partial charge in [0.1, 0.15) is 0 Å². The highest BCUT2D eigenvalue weighted by Gasteiger charge is 2.12.